The van der Waals surface area contributed by atoms with Crippen molar-refractivity contribution in [2.75, 3.05) is 10.6 Å². The van der Waals surface area contributed by atoms with Crippen LogP contribution in [0.25, 0.3) is 0 Å². The Morgan fingerprint density at radius 1 is 1.27 bits per heavy atom. The Bertz CT molecular complexity index is 722. The average Bonchev–Trinajstić information content (AvgIpc) is 2.43. The van der Waals surface area contributed by atoms with Crippen LogP contribution in [0.3, 0.4) is 0 Å². The summed E-state index contributed by atoms with van der Waals surface area (Å²) in [4.78, 5) is 26.9. The summed E-state index contributed by atoms with van der Waals surface area (Å²) in [5.74, 6) is -0.854. The van der Waals surface area contributed by atoms with Crippen LogP contribution in [0.5, 0.6) is 0 Å². The molecule has 0 radical (unpaired) electrons. The van der Waals surface area contributed by atoms with Gasteiger partial charge in [0.2, 0.25) is 11.8 Å². The van der Waals surface area contributed by atoms with E-state index in [2.05, 4.69) is 15.6 Å². The van der Waals surface area contributed by atoms with Gasteiger partial charge in [-0.25, -0.2) is 9.37 Å². The number of anilines is 2. The number of carbonyl (C=O) groups excluding carboxylic acids is 2. The third-order valence-electron chi connectivity index (χ3n) is 2.73. The van der Waals surface area contributed by atoms with E-state index in [-0.39, 0.29) is 23.3 Å². The maximum atomic E-state index is 13.3. The van der Waals surface area contributed by atoms with Crippen LogP contribution in [0.1, 0.15) is 12.5 Å². The Morgan fingerprint density at radius 3 is 2.77 bits per heavy atom. The fourth-order valence-electron chi connectivity index (χ4n) is 1.82. The number of pyridine rings is 1. The normalized spacial score (nSPS) is 10.1. The summed E-state index contributed by atoms with van der Waals surface area (Å²) in [6.45, 7) is 1.36. The van der Waals surface area contributed by atoms with Gasteiger partial charge in [0, 0.05) is 24.9 Å². The number of amides is 2. The number of nitrogens with zero attached hydrogens (tertiary/aromatic N) is 1. The van der Waals surface area contributed by atoms with Gasteiger partial charge in [0.15, 0.2) is 0 Å². The third kappa shape index (κ3) is 4.26. The first kappa shape index (κ1) is 15.9. The van der Waals surface area contributed by atoms with Crippen molar-refractivity contribution in [3.63, 3.8) is 0 Å². The average molecular weight is 322 g/mol. The lowest BCUT2D eigenvalue weighted by Gasteiger charge is -2.08. The number of hydrogen-bond acceptors (Lipinski definition) is 3. The van der Waals surface area contributed by atoms with Crippen LogP contribution >= 0.6 is 11.6 Å². The van der Waals surface area contributed by atoms with Gasteiger partial charge in [0.05, 0.1) is 11.4 Å². The van der Waals surface area contributed by atoms with E-state index < -0.39 is 5.82 Å². The lowest BCUT2D eigenvalue weighted by molar-refractivity contribution is -0.116. The molecule has 2 rings (SSSR count). The smallest absolute Gasteiger partial charge is 0.228 e. The maximum Gasteiger partial charge on any atom is 0.228 e. The standard InChI is InChI=1S/C15H13ClFN3O2/c1-9(21)19-13-8-11(5-6-18-13)20-14(22)7-10-3-2-4-12(17)15(10)16/h2-6,8H,7H2,1H3,(H2,18,19,20,21,22). The van der Waals surface area contributed by atoms with Gasteiger partial charge in [-0.2, -0.15) is 0 Å². The second-order valence-electron chi connectivity index (χ2n) is 4.55. The third-order valence-corrected chi connectivity index (χ3v) is 3.15. The van der Waals surface area contributed by atoms with Gasteiger partial charge < -0.3 is 10.6 Å². The largest absolute Gasteiger partial charge is 0.326 e. The van der Waals surface area contributed by atoms with Gasteiger partial charge in [-0.15, -0.1) is 0 Å². The minimum atomic E-state index is -0.566. The molecule has 2 aromatic rings. The quantitative estimate of drug-likeness (QED) is 0.909. The van der Waals surface area contributed by atoms with Crippen LogP contribution in [0.2, 0.25) is 5.02 Å². The second-order valence-corrected chi connectivity index (χ2v) is 4.93. The minimum absolute atomic E-state index is 0.0611. The Kier molecular flexibility index (Phi) is 5.06. The van der Waals surface area contributed by atoms with Crippen LogP contribution in [0.4, 0.5) is 15.9 Å². The molecule has 2 amide bonds. The molecule has 1 heterocycles. The molecule has 1 aromatic carbocycles. The fourth-order valence-corrected chi connectivity index (χ4v) is 2.01. The van der Waals surface area contributed by atoms with Gasteiger partial charge in [0.1, 0.15) is 11.6 Å². The predicted octanol–water partition coefficient (Wildman–Crippen LogP) is 3.01. The van der Waals surface area contributed by atoms with Crippen molar-refractivity contribution < 1.29 is 14.0 Å². The van der Waals surface area contributed by atoms with Crippen molar-refractivity contribution >= 4 is 34.9 Å². The highest BCUT2D eigenvalue weighted by Gasteiger charge is 2.11. The van der Waals surface area contributed by atoms with E-state index in [1.165, 1.54) is 31.3 Å². The van der Waals surface area contributed by atoms with Crippen LogP contribution in [0.15, 0.2) is 36.5 Å². The molecule has 0 aliphatic heterocycles. The summed E-state index contributed by atoms with van der Waals surface area (Å²) in [5.41, 5.74) is 0.867. The summed E-state index contributed by atoms with van der Waals surface area (Å²) in [6.07, 6.45) is 1.39. The molecule has 2 N–H and O–H groups in total. The molecule has 0 fully saturated rings. The Balaban J connectivity index is 2.06. The molecule has 1 aromatic heterocycles. The van der Waals surface area contributed by atoms with E-state index in [1.54, 1.807) is 12.1 Å². The lowest BCUT2D eigenvalue weighted by atomic mass is 10.1. The van der Waals surface area contributed by atoms with Crippen molar-refractivity contribution in [2.24, 2.45) is 0 Å². The number of rotatable bonds is 4. The van der Waals surface area contributed by atoms with Crippen molar-refractivity contribution in [3.05, 3.63) is 52.9 Å². The number of halogens is 2. The first-order valence-electron chi connectivity index (χ1n) is 6.42. The van der Waals surface area contributed by atoms with Gasteiger partial charge in [0.25, 0.3) is 0 Å². The van der Waals surface area contributed by atoms with E-state index in [0.29, 0.717) is 17.1 Å². The zero-order valence-electron chi connectivity index (χ0n) is 11.7. The number of benzene rings is 1. The molecular weight excluding hydrogens is 309 g/mol. The monoisotopic (exact) mass is 321 g/mol. The maximum absolute atomic E-state index is 13.3. The summed E-state index contributed by atoms with van der Waals surface area (Å²) in [7, 11) is 0. The van der Waals surface area contributed by atoms with Crippen molar-refractivity contribution in [2.45, 2.75) is 13.3 Å². The van der Waals surface area contributed by atoms with E-state index in [0.717, 1.165) is 0 Å². The molecule has 22 heavy (non-hydrogen) atoms. The van der Waals surface area contributed by atoms with E-state index in [1.807, 2.05) is 0 Å². The number of nitrogens with one attached hydrogen (secondary N) is 2. The highest BCUT2D eigenvalue weighted by Crippen LogP contribution is 2.20. The van der Waals surface area contributed by atoms with Crippen molar-refractivity contribution in [1.29, 1.82) is 0 Å². The fraction of sp³-hybridized carbons (Fsp3) is 0.133. The predicted molar refractivity (Wildman–Crippen MR) is 82.3 cm³/mol. The molecule has 7 heteroatoms. The van der Waals surface area contributed by atoms with Crippen molar-refractivity contribution in [1.82, 2.24) is 4.98 Å². The van der Waals surface area contributed by atoms with Gasteiger partial charge >= 0.3 is 0 Å². The molecular formula is C15H13ClFN3O2. The first-order valence-corrected chi connectivity index (χ1v) is 6.80. The molecule has 0 bridgehead atoms. The van der Waals surface area contributed by atoms with E-state index in [9.17, 15) is 14.0 Å². The minimum Gasteiger partial charge on any atom is -0.326 e. The van der Waals surface area contributed by atoms with Crippen molar-refractivity contribution in [3.8, 4) is 0 Å². The SMILES string of the molecule is CC(=O)Nc1cc(NC(=O)Cc2cccc(F)c2Cl)ccn1. The summed E-state index contributed by atoms with van der Waals surface area (Å²) in [5, 5.41) is 5.09. The summed E-state index contributed by atoms with van der Waals surface area (Å²) >= 11 is 5.81. The van der Waals surface area contributed by atoms with E-state index >= 15 is 0 Å². The molecule has 114 valence electrons. The van der Waals surface area contributed by atoms with Gasteiger partial charge in [-0.05, 0) is 17.7 Å². The first-order chi connectivity index (χ1) is 10.5. The van der Waals surface area contributed by atoms with E-state index in [4.69, 9.17) is 11.6 Å². The molecule has 0 unspecified atom stereocenters. The second kappa shape index (κ2) is 7.00. The highest BCUT2D eigenvalue weighted by molar-refractivity contribution is 6.31. The Hall–Kier alpha value is -2.47. The summed E-state index contributed by atoms with van der Waals surface area (Å²) in [6, 6.07) is 7.40. The molecule has 0 spiro atoms. The molecule has 0 saturated carbocycles. The molecule has 0 aliphatic rings. The van der Waals surface area contributed by atoms with Crippen LogP contribution < -0.4 is 10.6 Å². The Labute approximate surface area is 131 Å². The molecule has 5 nitrogen and oxygen atoms in total. The lowest BCUT2D eigenvalue weighted by Crippen LogP contribution is -2.15. The van der Waals surface area contributed by atoms with Crippen LogP contribution in [0, 0.1) is 5.82 Å². The zero-order valence-corrected chi connectivity index (χ0v) is 12.4. The highest BCUT2D eigenvalue weighted by atomic mass is 35.5. The van der Waals surface area contributed by atoms with Crippen LogP contribution in [-0.4, -0.2) is 16.8 Å². The van der Waals surface area contributed by atoms with Gasteiger partial charge in [-0.3, -0.25) is 9.59 Å². The molecule has 0 atom stereocenters. The number of carbonyl (C=O) groups is 2. The number of aromatic nitrogens is 1. The number of hydrogen-bond donors (Lipinski definition) is 2. The van der Waals surface area contributed by atoms with Gasteiger partial charge in [-0.1, -0.05) is 23.7 Å². The topological polar surface area (TPSA) is 71.1 Å². The van der Waals surface area contributed by atoms with Crippen LogP contribution in [-0.2, 0) is 16.0 Å². The molecule has 0 saturated heterocycles. The summed E-state index contributed by atoms with van der Waals surface area (Å²) < 4.78 is 13.3. The molecule has 0 aliphatic carbocycles. The Morgan fingerprint density at radius 2 is 2.05 bits per heavy atom. The zero-order chi connectivity index (χ0) is 16.1.